The van der Waals surface area contributed by atoms with Crippen LogP contribution >= 0.6 is 0 Å². The molecular weight excluding hydrogens is 420 g/mol. The molecule has 3 atom stereocenters. The Morgan fingerprint density at radius 3 is 1.97 bits per heavy atom. The summed E-state index contributed by atoms with van der Waals surface area (Å²) in [5.74, 6) is -2.45. The molecule has 1 saturated heterocycles. The molecule has 4 aliphatic rings. The predicted octanol–water partition coefficient (Wildman–Crippen LogP) is 3.53. The molecular formula is C26H20N2O5. The molecule has 1 heterocycles. The van der Waals surface area contributed by atoms with Crippen molar-refractivity contribution >= 4 is 23.2 Å². The van der Waals surface area contributed by atoms with Crippen molar-refractivity contribution in [1.82, 2.24) is 0 Å². The van der Waals surface area contributed by atoms with Gasteiger partial charge in [-0.1, -0.05) is 48.5 Å². The minimum atomic E-state index is -1.06. The van der Waals surface area contributed by atoms with Gasteiger partial charge in [-0.3, -0.25) is 19.7 Å². The van der Waals surface area contributed by atoms with Crippen LogP contribution in [0.3, 0.4) is 0 Å². The fraction of sp³-hybridized carbons (Fsp3) is 0.231. The number of carbonyl (C=O) groups excluding carboxylic acids is 2. The predicted molar refractivity (Wildman–Crippen MR) is 120 cm³/mol. The van der Waals surface area contributed by atoms with Crippen molar-refractivity contribution in [2.45, 2.75) is 24.4 Å². The van der Waals surface area contributed by atoms with Crippen molar-refractivity contribution in [2.75, 3.05) is 4.90 Å². The zero-order valence-corrected chi connectivity index (χ0v) is 17.7. The van der Waals surface area contributed by atoms with Crippen molar-refractivity contribution in [3.63, 3.8) is 0 Å². The van der Waals surface area contributed by atoms with Gasteiger partial charge in [-0.2, -0.15) is 0 Å². The van der Waals surface area contributed by atoms with Crippen LogP contribution in [0.4, 0.5) is 11.4 Å². The third-order valence-electron chi connectivity index (χ3n) is 7.66. The van der Waals surface area contributed by atoms with Gasteiger partial charge in [-0.25, -0.2) is 4.90 Å². The van der Waals surface area contributed by atoms with Crippen LogP contribution in [0.25, 0.3) is 0 Å². The van der Waals surface area contributed by atoms with Gasteiger partial charge in [0.2, 0.25) is 11.8 Å². The lowest BCUT2D eigenvalue weighted by Gasteiger charge is -2.55. The monoisotopic (exact) mass is 440 g/mol. The van der Waals surface area contributed by atoms with E-state index in [1.807, 2.05) is 48.5 Å². The average Bonchev–Trinajstić information content (AvgIpc) is 3.09. The van der Waals surface area contributed by atoms with Gasteiger partial charge in [0.05, 0.1) is 34.0 Å². The van der Waals surface area contributed by atoms with Crippen LogP contribution in [-0.4, -0.2) is 27.9 Å². The molecule has 0 aromatic heterocycles. The maximum Gasteiger partial charge on any atom is 0.269 e. The highest BCUT2D eigenvalue weighted by Gasteiger charge is 2.69. The highest BCUT2D eigenvalue weighted by Crippen LogP contribution is 2.65. The normalized spacial score (nSPS) is 27.7. The minimum Gasteiger partial charge on any atom is -0.392 e. The molecule has 7 heteroatoms. The third-order valence-corrected chi connectivity index (χ3v) is 7.66. The quantitative estimate of drug-likeness (QED) is 0.382. The fourth-order valence-electron chi connectivity index (χ4n) is 6.52. The van der Waals surface area contributed by atoms with Crippen molar-refractivity contribution < 1.29 is 19.6 Å². The summed E-state index contributed by atoms with van der Waals surface area (Å²) in [6.07, 6.45) is -0.929. The van der Waals surface area contributed by atoms with E-state index < -0.39 is 28.3 Å². The largest absolute Gasteiger partial charge is 0.392 e. The van der Waals surface area contributed by atoms with Gasteiger partial charge in [0.25, 0.3) is 5.69 Å². The first-order valence-corrected chi connectivity index (χ1v) is 10.9. The molecule has 2 bridgehead atoms. The Hall–Kier alpha value is -3.84. The summed E-state index contributed by atoms with van der Waals surface area (Å²) in [5.41, 5.74) is 2.83. The van der Waals surface area contributed by atoms with Crippen LogP contribution < -0.4 is 4.90 Å². The number of nitro groups is 1. The molecule has 1 N–H and O–H groups in total. The topological polar surface area (TPSA) is 101 Å². The molecule has 7 nitrogen and oxygen atoms in total. The SMILES string of the molecule is CC(O)C12c3ccccc3C(c3ccccc31)C1C(=O)N(c3ccc([N+](=O)[O-])cc3)C(=O)C12. The Balaban J connectivity index is 1.60. The summed E-state index contributed by atoms with van der Waals surface area (Å²) in [6.45, 7) is 1.68. The number of nitrogens with zero attached hydrogens (tertiary/aromatic N) is 2. The lowest BCUT2D eigenvalue weighted by molar-refractivity contribution is -0.384. The van der Waals surface area contributed by atoms with Crippen LogP contribution in [-0.2, 0) is 15.0 Å². The summed E-state index contributed by atoms with van der Waals surface area (Å²) in [7, 11) is 0. The Bertz CT molecular complexity index is 1300. The second kappa shape index (κ2) is 6.59. The summed E-state index contributed by atoms with van der Waals surface area (Å²) in [5, 5.41) is 22.4. The number of rotatable bonds is 3. The van der Waals surface area contributed by atoms with E-state index in [-0.39, 0.29) is 23.4 Å². The van der Waals surface area contributed by atoms with Crippen molar-refractivity contribution in [3.05, 3.63) is 105 Å². The number of hydrogen-bond donors (Lipinski definition) is 1. The molecule has 33 heavy (non-hydrogen) atoms. The van der Waals surface area contributed by atoms with E-state index in [0.717, 1.165) is 27.2 Å². The molecule has 3 aromatic carbocycles. The standard InChI is InChI=1S/C26H20N2O5/c1-14(29)26-19-8-4-2-6-17(19)21(18-7-3-5-9-20(18)26)22-23(26)25(31)27(24(22)30)15-10-12-16(13-11-15)28(32)33/h2-14,21-23,29H,1H3. The zero-order valence-electron chi connectivity index (χ0n) is 17.7. The smallest absolute Gasteiger partial charge is 0.269 e. The highest BCUT2D eigenvalue weighted by atomic mass is 16.6. The Kier molecular flexibility index (Phi) is 3.95. The molecule has 0 spiro atoms. The second-order valence-electron chi connectivity index (χ2n) is 8.99. The molecule has 3 aliphatic carbocycles. The number of nitro benzene ring substituents is 1. The van der Waals surface area contributed by atoms with Crippen molar-refractivity contribution in [2.24, 2.45) is 11.8 Å². The number of benzene rings is 3. The maximum absolute atomic E-state index is 13.9. The van der Waals surface area contributed by atoms with Gasteiger partial charge >= 0.3 is 0 Å². The molecule has 0 radical (unpaired) electrons. The molecule has 1 aliphatic heterocycles. The minimum absolute atomic E-state index is 0.115. The number of amides is 2. The molecule has 3 unspecified atom stereocenters. The second-order valence-corrected chi connectivity index (χ2v) is 8.99. The Morgan fingerprint density at radius 2 is 1.45 bits per heavy atom. The van der Waals surface area contributed by atoms with Gasteiger partial charge in [0, 0.05) is 18.1 Å². The number of hydrogen-bond acceptors (Lipinski definition) is 5. The van der Waals surface area contributed by atoms with Gasteiger partial charge in [-0.05, 0) is 41.3 Å². The first-order valence-electron chi connectivity index (χ1n) is 10.9. The molecule has 1 fully saturated rings. The number of anilines is 1. The van der Waals surface area contributed by atoms with Crippen molar-refractivity contribution in [1.29, 1.82) is 0 Å². The Morgan fingerprint density at radius 1 is 0.909 bits per heavy atom. The number of non-ortho nitro benzene ring substituents is 1. The fourth-order valence-corrected chi connectivity index (χ4v) is 6.52. The number of imide groups is 1. The highest BCUT2D eigenvalue weighted by molar-refractivity contribution is 6.23. The van der Waals surface area contributed by atoms with Crippen LogP contribution in [0.5, 0.6) is 0 Å². The van der Waals surface area contributed by atoms with E-state index in [9.17, 15) is 24.8 Å². The van der Waals surface area contributed by atoms with Crippen LogP contribution in [0.15, 0.2) is 72.8 Å². The number of carbonyl (C=O) groups is 2. The van der Waals surface area contributed by atoms with Gasteiger partial charge in [0.1, 0.15) is 0 Å². The molecule has 2 amide bonds. The van der Waals surface area contributed by atoms with E-state index in [4.69, 9.17) is 0 Å². The van der Waals surface area contributed by atoms with Crippen LogP contribution in [0, 0.1) is 22.0 Å². The molecule has 164 valence electrons. The molecule has 3 aromatic rings. The van der Waals surface area contributed by atoms with Crippen LogP contribution in [0.2, 0.25) is 0 Å². The van der Waals surface area contributed by atoms with E-state index in [1.54, 1.807) is 6.92 Å². The summed E-state index contributed by atoms with van der Waals surface area (Å²) in [6, 6.07) is 21.0. The van der Waals surface area contributed by atoms with E-state index >= 15 is 0 Å². The summed E-state index contributed by atoms with van der Waals surface area (Å²) >= 11 is 0. The molecule has 7 rings (SSSR count). The van der Waals surface area contributed by atoms with Crippen LogP contribution in [0.1, 0.15) is 35.1 Å². The van der Waals surface area contributed by atoms with Gasteiger partial charge in [0.15, 0.2) is 0 Å². The van der Waals surface area contributed by atoms with E-state index in [1.165, 1.54) is 24.3 Å². The van der Waals surface area contributed by atoms with Crippen molar-refractivity contribution in [3.8, 4) is 0 Å². The van der Waals surface area contributed by atoms with Gasteiger partial charge in [-0.15, -0.1) is 0 Å². The van der Waals surface area contributed by atoms with Gasteiger partial charge < -0.3 is 5.11 Å². The van der Waals surface area contributed by atoms with E-state index in [0.29, 0.717) is 5.69 Å². The first-order chi connectivity index (χ1) is 15.9. The average molecular weight is 440 g/mol. The third kappa shape index (κ3) is 2.27. The summed E-state index contributed by atoms with van der Waals surface area (Å²) in [4.78, 5) is 39.5. The maximum atomic E-state index is 13.9. The lowest BCUT2D eigenvalue weighted by atomic mass is 9.46. The first kappa shape index (κ1) is 19.8. The zero-order chi connectivity index (χ0) is 23.1. The summed E-state index contributed by atoms with van der Waals surface area (Å²) < 4.78 is 0. The molecule has 0 saturated carbocycles. The number of aliphatic hydroxyl groups excluding tert-OH is 1. The number of aliphatic hydroxyl groups is 1. The lowest BCUT2D eigenvalue weighted by Crippen LogP contribution is -2.58. The Labute approximate surface area is 189 Å². The van der Waals surface area contributed by atoms with E-state index in [2.05, 4.69) is 0 Å².